The lowest BCUT2D eigenvalue weighted by Crippen LogP contribution is -2.24. The van der Waals surface area contributed by atoms with Crippen molar-refractivity contribution in [3.05, 3.63) is 47.8 Å². The van der Waals surface area contributed by atoms with Crippen LogP contribution in [0.4, 0.5) is 0 Å². The third-order valence-corrected chi connectivity index (χ3v) is 3.36. The number of hydrogen-bond acceptors (Lipinski definition) is 3. The molecular weight excluding hydrogens is 250 g/mol. The molecule has 1 heterocycles. The zero-order valence-electron chi connectivity index (χ0n) is 12.5. The minimum Gasteiger partial charge on any atom is -0.497 e. The Bertz CT molecular complexity index is 519. The molecule has 0 bridgehead atoms. The number of aromatic nitrogens is 2. The molecule has 0 amide bonds. The summed E-state index contributed by atoms with van der Waals surface area (Å²) in [4.78, 5) is 0. The predicted octanol–water partition coefficient (Wildman–Crippen LogP) is 2.71. The molecule has 108 valence electrons. The molecule has 2 rings (SSSR count). The summed E-state index contributed by atoms with van der Waals surface area (Å²) in [5, 5.41) is 7.84. The van der Waals surface area contributed by atoms with Crippen LogP contribution in [0.2, 0.25) is 0 Å². The second kappa shape index (κ2) is 7.10. The number of aryl methyl sites for hydroxylation is 1. The summed E-state index contributed by atoms with van der Waals surface area (Å²) in [5.41, 5.74) is 2.53. The number of methoxy groups -OCH3 is 1. The fraction of sp³-hybridized carbons (Fsp3) is 0.438. The number of rotatable bonds is 7. The zero-order valence-corrected chi connectivity index (χ0v) is 12.5. The maximum Gasteiger partial charge on any atom is 0.118 e. The number of nitrogens with one attached hydrogen (secondary N) is 1. The van der Waals surface area contributed by atoms with Gasteiger partial charge in [-0.3, -0.25) is 4.68 Å². The first kappa shape index (κ1) is 14.6. The van der Waals surface area contributed by atoms with Gasteiger partial charge in [0.1, 0.15) is 5.75 Å². The van der Waals surface area contributed by atoms with Gasteiger partial charge in [-0.15, -0.1) is 0 Å². The Morgan fingerprint density at radius 1 is 1.30 bits per heavy atom. The summed E-state index contributed by atoms with van der Waals surface area (Å²) in [7, 11) is 3.64. The maximum atomic E-state index is 5.22. The van der Waals surface area contributed by atoms with E-state index in [2.05, 4.69) is 35.7 Å². The maximum absolute atomic E-state index is 5.22. The third kappa shape index (κ3) is 3.84. The van der Waals surface area contributed by atoms with Crippen LogP contribution < -0.4 is 10.1 Å². The summed E-state index contributed by atoms with van der Waals surface area (Å²) in [5.74, 6) is 0.893. The molecule has 0 aliphatic rings. The molecule has 0 aliphatic carbocycles. The van der Waals surface area contributed by atoms with E-state index in [0.29, 0.717) is 6.04 Å². The number of hydrogen-bond donors (Lipinski definition) is 1. The standard InChI is InChI=1S/C16H23N3O/c1-4-9-17-16(10-13-11-18-19(2)12-13)14-5-7-15(20-3)8-6-14/h5-8,11-12,16-17H,4,9-10H2,1-3H3. The molecule has 1 N–H and O–H groups in total. The first-order chi connectivity index (χ1) is 9.72. The predicted molar refractivity (Wildman–Crippen MR) is 80.9 cm³/mol. The van der Waals surface area contributed by atoms with Gasteiger partial charge in [0.25, 0.3) is 0 Å². The molecule has 0 spiro atoms. The Hall–Kier alpha value is -1.81. The van der Waals surface area contributed by atoms with Crippen molar-refractivity contribution in [1.29, 1.82) is 0 Å². The van der Waals surface area contributed by atoms with E-state index in [1.54, 1.807) is 7.11 Å². The molecule has 0 saturated heterocycles. The quantitative estimate of drug-likeness (QED) is 0.843. The second-order valence-corrected chi connectivity index (χ2v) is 5.01. The fourth-order valence-electron chi connectivity index (χ4n) is 2.28. The number of nitrogens with zero attached hydrogens (tertiary/aromatic N) is 2. The van der Waals surface area contributed by atoms with Gasteiger partial charge in [0.15, 0.2) is 0 Å². The first-order valence-corrected chi connectivity index (χ1v) is 7.07. The Kier molecular flexibility index (Phi) is 5.18. The van der Waals surface area contributed by atoms with Crippen LogP contribution in [0.15, 0.2) is 36.7 Å². The number of ether oxygens (including phenoxy) is 1. The van der Waals surface area contributed by atoms with Crippen molar-refractivity contribution in [1.82, 2.24) is 15.1 Å². The SMILES string of the molecule is CCCNC(Cc1cnn(C)c1)c1ccc(OC)cc1. The van der Waals surface area contributed by atoms with Crippen molar-refractivity contribution in [2.75, 3.05) is 13.7 Å². The lowest BCUT2D eigenvalue weighted by Gasteiger charge is -2.18. The van der Waals surface area contributed by atoms with Crippen molar-refractivity contribution < 1.29 is 4.74 Å². The largest absolute Gasteiger partial charge is 0.497 e. The van der Waals surface area contributed by atoms with Gasteiger partial charge in [-0.1, -0.05) is 19.1 Å². The van der Waals surface area contributed by atoms with Gasteiger partial charge in [0.2, 0.25) is 0 Å². The average molecular weight is 273 g/mol. The van der Waals surface area contributed by atoms with Gasteiger partial charge in [-0.05, 0) is 42.6 Å². The summed E-state index contributed by atoms with van der Waals surface area (Å²) < 4.78 is 7.07. The molecule has 1 aromatic heterocycles. The first-order valence-electron chi connectivity index (χ1n) is 7.07. The Labute approximate surface area is 120 Å². The van der Waals surface area contributed by atoms with E-state index in [1.807, 2.05) is 30.1 Å². The third-order valence-electron chi connectivity index (χ3n) is 3.36. The van der Waals surface area contributed by atoms with Crippen LogP contribution in [0.1, 0.15) is 30.5 Å². The van der Waals surface area contributed by atoms with E-state index in [1.165, 1.54) is 11.1 Å². The lowest BCUT2D eigenvalue weighted by atomic mass is 10.0. The molecule has 0 radical (unpaired) electrons. The van der Waals surface area contributed by atoms with E-state index in [-0.39, 0.29) is 0 Å². The second-order valence-electron chi connectivity index (χ2n) is 5.01. The van der Waals surface area contributed by atoms with Crippen molar-refractivity contribution >= 4 is 0 Å². The van der Waals surface area contributed by atoms with E-state index >= 15 is 0 Å². The van der Waals surface area contributed by atoms with Crippen LogP contribution in [0.3, 0.4) is 0 Å². The van der Waals surface area contributed by atoms with Crippen molar-refractivity contribution in [3.8, 4) is 5.75 Å². The molecule has 4 nitrogen and oxygen atoms in total. The topological polar surface area (TPSA) is 39.1 Å². The highest BCUT2D eigenvalue weighted by atomic mass is 16.5. The summed E-state index contributed by atoms with van der Waals surface area (Å²) in [6.07, 6.45) is 6.08. The van der Waals surface area contributed by atoms with Crippen LogP contribution >= 0.6 is 0 Å². The van der Waals surface area contributed by atoms with Gasteiger partial charge >= 0.3 is 0 Å². The van der Waals surface area contributed by atoms with Gasteiger partial charge in [0.05, 0.1) is 13.3 Å². The molecule has 0 fully saturated rings. The van der Waals surface area contributed by atoms with E-state index in [4.69, 9.17) is 4.74 Å². The smallest absolute Gasteiger partial charge is 0.118 e. The van der Waals surface area contributed by atoms with Gasteiger partial charge in [-0.2, -0.15) is 5.10 Å². The van der Waals surface area contributed by atoms with Crippen LogP contribution in [0, 0.1) is 0 Å². The highest BCUT2D eigenvalue weighted by Gasteiger charge is 2.12. The van der Waals surface area contributed by atoms with Crippen LogP contribution in [0.5, 0.6) is 5.75 Å². The summed E-state index contributed by atoms with van der Waals surface area (Å²) in [6, 6.07) is 8.59. The fourth-order valence-corrected chi connectivity index (χ4v) is 2.28. The lowest BCUT2D eigenvalue weighted by molar-refractivity contribution is 0.414. The zero-order chi connectivity index (χ0) is 14.4. The van der Waals surface area contributed by atoms with Crippen molar-refractivity contribution in [3.63, 3.8) is 0 Å². The minimum atomic E-state index is 0.310. The number of benzene rings is 1. The molecule has 1 unspecified atom stereocenters. The van der Waals surface area contributed by atoms with Crippen molar-refractivity contribution in [2.24, 2.45) is 7.05 Å². The van der Waals surface area contributed by atoms with E-state index in [0.717, 1.165) is 25.1 Å². The van der Waals surface area contributed by atoms with E-state index < -0.39 is 0 Å². The molecule has 2 aromatic rings. The van der Waals surface area contributed by atoms with Gasteiger partial charge in [-0.25, -0.2) is 0 Å². The van der Waals surface area contributed by atoms with Crippen molar-refractivity contribution in [2.45, 2.75) is 25.8 Å². The van der Waals surface area contributed by atoms with Crippen LogP contribution in [0.25, 0.3) is 0 Å². The van der Waals surface area contributed by atoms with Gasteiger partial charge in [0, 0.05) is 19.3 Å². The molecule has 20 heavy (non-hydrogen) atoms. The van der Waals surface area contributed by atoms with Crippen LogP contribution in [-0.2, 0) is 13.5 Å². The summed E-state index contributed by atoms with van der Waals surface area (Å²) in [6.45, 7) is 3.19. The molecule has 0 saturated carbocycles. The minimum absolute atomic E-state index is 0.310. The van der Waals surface area contributed by atoms with E-state index in [9.17, 15) is 0 Å². The molecule has 1 aromatic carbocycles. The average Bonchev–Trinajstić information content (AvgIpc) is 2.89. The van der Waals surface area contributed by atoms with Gasteiger partial charge < -0.3 is 10.1 Å². The molecule has 4 heteroatoms. The Balaban J connectivity index is 2.12. The highest BCUT2D eigenvalue weighted by Crippen LogP contribution is 2.21. The highest BCUT2D eigenvalue weighted by molar-refractivity contribution is 5.30. The molecule has 1 atom stereocenters. The molecular formula is C16H23N3O. The Morgan fingerprint density at radius 2 is 2.05 bits per heavy atom. The summed E-state index contributed by atoms with van der Waals surface area (Å²) >= 11 is 0. The Morgan fingerprint density at radius 3 is 2.60 bits per heavy atom. The van der Waals surface area contributed by atoms with Crippen LogP contribution in [-0.4, -0.2) is 23.4 Å². The normalized spacial score (nSPS) is 12.3. The molecule has 0 aliphatic heterocycles. The monoisotopic (exact) mass is 273 g/mol.